The van der Waals surface area contributed by atoms with Gasteiger partial charge in [-0.1, -0.05) is 134 Å². The molecule has 0 heterocycles. The summed E-state index contributed by atoms with van der Waals surface area (Å²) in [6.45, 7) is 2.30. The van der Waals surface area contributed by atoms with E-state index >= 15 is 0 Å². The third kappa shape index (κ3) is 36.5. The summed E-state index contributed by atoms with van der Waals surface area (Å²) in [5.41, 5.74) is 0. The van der Waals surface area contributed by atoms with E-state index in [0.29, 0.717) is 12.8 Å². The molecule has 0 bridgehead atoms. The molecule has 0 saturated carbocycles. The topological polar surface area (TPSA) is 149 Å². The quantitative estimate of drug-likeness (QED) is 0.0240. The van der Waals surface area contributed by atoms with Gasteiger partial charge in [-0.2, -0.15) is 0 Å². The Kier molecular flexibility index (Phi) is 36.2. The Morgan fingerprint density at radius 3 is 1.56 bits per heavy atom. The summed E-state index contributed by atoms with van der Waals surface area (Å²) in [6.07, 6.45) is 36.8. The molecule has 3 atom stereocenters. The van der Waals surface area contributed by atoms with Gasteiger partial charge in [0, 0.05) is 12.8 Å². The number of phosphoric acid groups is 1. The highest BCUT2D eigenvalue weighted by molar-refractivity contribution is 7.47. The molecule has 11 heteroatoms. The van der Waals surface area contributed by atoms with E-state index < -0.39 is 51.8 Å². The maximum absolute atomic E-state index is 12.6. The highest BCUT2D eigenvalue weighted by Gasteiger charge is 2.27. The summed E-state index contributed by atoms with van der Waals surface area (Å²) in [5, 5.41) is 18.3. The number of esters is 2. The Bertz CT molecular complexity index is 967. The van der Waals surface area contributed by atoms with Gasteiger partial charge < -0.3 is 24.6 Å². The van der Waals surface area contributed by atoms with Crippen molar-refractivity contribution >= 4 is 19.8 Å². The number of unbranched alkanes of at least 4 members (excludes halogenated alkanes) is 18. The average Bonchev–Trinajstić information content (AvgIpc) is 3.13. The predicted octanol–water partition coefficient (Wildman–Crippen LogP) is 10.4. The van der Waals surface area contributed by atoms with Crippen molar-refractivity contribution in [1.29, 1.82) is 0 Å². The van der Waals surface area contributed by atoms with Crippen LogP contribution in [0.15, 0.2) is 36.5 Å². The maximum Gasteiger partial charge on any atom is 0.472 e. The van der Waals surface area contributed by atoms with E-state index in [2.05, 4.69) is 54.8 Å². The molecule has 0 aromatic carbocycles. The zero-order chi connectivity index (χ0) is 38.4. The van der Waals surface area contributed by atoms with Crippen LogP contribution in [-0.4, -0.2) is 65.7 Å². The average molecular weight is 759 g/mol. The molecule has 0 rings (SSSR count). The first-order valence-electron chi connectivity index (χ1n) is 20.4. The van der Waals surface area contributed by atoms with Gasteiger partial charge in [-0.25, -0.2) is 4.57 Å². The van der Waals surface area contributed by atoms with Crippen LogP contribution in [0, 0.1) is 0 Å². The zero-order valence-electron chi connectivity index (χ0n) is 32.8. The minimum Gasteiger partial charge on any atom is -0.462 e. The van der Waals surface area contributed by atoms with Gasteiger partial charge in [0.25, 0.3) is 0 Å². The molecule has 0 aromatic rings. The number of phosphoric ester groups is 1. The third-order valence-corrected chi connectivity index (χ3v) is 9.47. The standard InChI is InChI=1S/C41H75O10P/c1-3-5-7-9-11-13-15-17-19-21-23-25-27-29-31-33-41(45)51-39(37-50-52(46,47)49-35-38(43)34-42)36-48-40(44)32-30-28-26-24-22-20-18-16-14-12-10-8-6-4-2/h10,12,16-19,38-39,42-43H,3-9,11,13-15,20-37H2,1-2H3,(H,46,47)/b12-10+,18-16+,19-17+/t38-,39+/m0/s1. The molecular formula is C41H75O10P. The Morgan fingerprint density at radius 1 is 0.577 bits per heavy atom. The van der Waals surface area contributed by atoms with Crippen LogP contribution in [-0.2, 0) is 32.7 Å². The maximum atomic E-state index is 12.6. The number of aliphatic hydroxyl groups excluding tert-OH is 2. The molecule has 0 aliphatic rings. The summed E-state index contributed by atoms with van der Waals surface area (Å²) in [4.78, 5) is 34.9. The summed E-state index contributed by atoms with van der Waals surface area (Å²) >= 11 is 0. The first-order valence-corrected chi connectivity index (χ1v) is 21.9. The largest absolute Gasteiger partial charge is 0.472 e. The van der Waals surface area contributed by atoms with E-state index in [-0.39, 0.29) is 19.4 Å². The lowest BCUT2D eigenvalue weighted by Gasteiger charge is -2.20. The predicted molar refractivity (Wildman–Crippen MR) is 210 cm³/mol. The molecule has 0 saturated heterocycles. The molecule has 10 nitrogen and oxygen atoms in total. The van der Waals surface area contributed by atoms with Gasteiger partial charge in [0.05, 0.1) is 19.8 Å². The third-order valence-electron chi connectivity index (χ3n) is 8.52. The highest BCUT2D eigenvalue weighted by Crippen LogP contribution is 2.43. The number of aliphatic hydroxyl groups is 2. The fourth-order valence-corrected chi connectivity index (χ4v) is 6.09. The second kappa shape index (κ2) is 37.5. The lowest BCUT2D eigenvalue weighted by Crippen LogP contribution is -2.29. The van der Waals surface area contributed by atoms with Crippen LogP contribution in [0.5, 0.6) is 0 Å². The summed E-state index contributed by atoms with van der Waals surface area (Å²) in [7, 11) is -4.62. The van der Waals surface area contributed by atoms with Gasteiger partial charge in [0.2, 0.25) is 0 Å². The molecule has 0 radical (unpaired) electrons. The molecular weight excluding hydrogens is 683 g/mol. The van der Waals surface area contributed by atoms with Crippen LogP contribution in [0.3, 0.4) is 0 Å². The molecule has 0 aromatic heterocycles. The Hall–Kier alpha value is -1.81. The van der Waals surface area contributed by atoms with Crippen molar-refractivity contribution in [3.63, 3.8) is 0 Å². The van der Waals surface area contributed by atoms with Crippen LogP contribution in [0.1, 0.15) is 174 Å². The molecule has 304 valence electrons. The highest BCUT2D eigenvalue weighted by atomic mass is 31.2. The van der Waals surface area contributed by atoms with Gasteiger partial charge in [-0.15, -0.1) is 0 Å². The second-order valence-corrected chi connectivity index (χ2v) is 15.1. The van der Waals surface area contributed by atoms with Crippen molar-refractivity contribution in [2.75, 3.05) is 26.4 Å². The number of hydrogen-bond donors (Lipinski definition) is 3. The lowest BCUT2D eigenvalue weighted by atomic mass is 10.1. The number of ether oxygens (including phenoxy) is 2. The van der Waals surface area contributed by atoms with Gasteiger partial charge in [0.1, 0.15) is 12.7 Å². The molecule has 0 fully saturated rings. The van der Waals surface area contributed by atoms with Crippen LogP contribution in [0.4, 0.5) is 0 Å². The Labute approximate surface area is 316 Å². The monoisotopic (exact) mass is 759 g/mol. The first-order chi connectivity index (χ1) is 25.2. The van der Waals surface area contributed by atoms with Crippen molar-refractivity contribution < 1.29 is 47.8 Å². The van der Waals surface area contributed by atoms with Crippen molar-refractivity contribution in [2.45, 2.75) is 187 Å². The molecule has 0 aliphatic heterocycles. The van der Waals surface area contributed by atoms with E-state index in [1.54, 1.807) is 0 Å². The molecule has 0 spiro atoms. The molecule has 0 aliphatic carbocycles. The summed E-state index contributed by atoms with van der Waals surface area (Å²) in [5.74, 6) is -0.951. The van der Waals surface area contributed by atoms with Crippen LogP contribution in [0.2, 0.25) is 0 Å². The number of hydrogen-bond acceptors (Lipinski definition) is 9. The minimum atomic E-state index is -4.62. The van der Waals surface area contributed by atoms with Crippen molar-refractivity contribution in [3.8, 4) is 0 Å². The van der Waals surface area contributed by atoms with Crippen LogP contribution in [0.25, 0.3) is 0 Å². The SMILES string of the molecule is CCCC/C=C/C/C=C/CCCCCCCC(=O)OC[C@H](COP(=O)(O)OC[C@@H](O)CO)OC(=O)CCCCCCC/C=C/CCCCCCCC. The van der Waals surface area contributed by atoms with E-state index in [1.165, 1.54) is 51.4 Å². The van der Waals surface area contributed by atoms with Gasteiger partial charge >= 0.3 is 19.8 Å². The fraction of sp³-hybridized carbons (Fsp3) is 0.805. The number of carbonyl (C=O) groups excluding carboxylic acids is 2. The number of allylic oxidation sites excluding steroid dienone is 6. The minimum absolute atomic E-state index is 0.171. The molecule has 0 amide bonds. The lowest BCUT2D eigenvalue weighted by molar-refractivity contribution is -0.161. The Morgan fingerprint density at radius 2 is 1.02 bits per heavy atom. The van der Waals surface area contributed by atoms with E-state index in [9.17, 15) is 24.2 Å². The molecule has 1 unspecified atom stereocenters. The normalized spacial score (nSPS) is 14.3. The number of carbonyl (C=O) groups is 2. The van der Waals surface area contributed by atoms with Crippen LogP contribution >= 0.6 is 7.82 Å². The van der Waals surface area contributed by atoms with Crippen molar-refractivity contribution in [2.24, 2.45) is 0 Å². The summed E-state index contributed by atoms with van der Waals surface area (Å²) < 4.78 is 32.6. The van der Waals surface area contributed by atoms with Gasteiger partial charge in [-0.05, 0) is 64.2 Å². The van der Waals surface area contributed by atoms with E-state index in [0.717, 1.165) is 83.5 Å². The molecule has 3 N–H and O–H groups in total. The first kappa shape index (κ1) is 50.2. The number of rotatable bonds is 38. The van der Waals surface area contributed by atoms with Crippen molar-refractivity contribution in [3.05, 3.63) is 36.5 Å². The fourth-order valence-electron chi connectivity index (χ4n) is 5.30. The Balaban J connectivity index is 4.37. The smallest absolute Gasteiger partial charge is 0.462 e. The van der Waals surface area contributed by atoms with Crippen molar-refractivity contribution in [1.82, 2.24) is 0 Å². The summed E-state index contributed by atoms with van der Waals surface area (Å²) in [6, 6.07) is 0. The van der Waals surface area contributed by atoms with E-state index in [1.807, 2.05) is 0 Å². The second-order valence-electron chi connectivity index (χ2n) is 13.7. The van der Waals surface area contributed by atoms with Crippen LogP contribution < -0.4 is 0 Å². The molecule has 52 heavy (non-hydrogen) atoms. The van der Waals surface area contributed by atoms with E-state index in [4.69, 9.17) is 19.1 Å². The van der Waals surface area contributed by atoms with Gasteiger partial charge in [0.15, 0.2) is 6.10 Å². The van der Waals surface area contributed by atoms with Gasteiger partial charge in [-0.3, -0.25) is 18.6 Å². The zero-order valence-corrected chi connectivity index (χ0v) is 33.7.